The monoisotopic (exact) mass is 301 g/mol. The van der Waals surface area contributed by atoms with E-state index in [0.717, 1.165) is 17.8 Å². The van der Waals surface area contributed by atoms with Crippen molar-refractivity contribution in [2.24, 2.45) is 35.0 Å². The maximum atomic E-state index is 13.0. The van der Waals surface area contributed by atoms with Crippen molar-refractivity contribution in [3.8, 4) is 0 Å². The zero-order chi connectivity index (χ0) is 15.7. The minimum atomic E-state index is 0.143. The average Bonchev–Trinajstić information content (AvgIpc) is 2.87. The van der Waals surface area contributed by atoms with Crippen LogP contribution in [0.3, 0.4) is 0 Å². The molecule has 0 aromatic rings. The number of hydrogen-bond acceptors (Lipinski definition) is 1. The summed E-state index contributed by atoms with van der Waals surface area (Å²) >= 11 is 0. The van der Waals surface area contributed by atoms with Crippen molar-refractivity contribution in [1.82, 2.24) is 5.32 Å². The molecule has 5 aliphatic carbocycles. The van der Waals surface area contributed by atoms with Crippen LogP contribution < -0.4 is 5.32 Å². The SMILES string of the molecule is CC(C)=C[C@H]1[C@H](C(=O)NC23CC4CC(CC(C4)C2)C3)C1(C)C. The van der Waals surface area contributed by atoms with Crippen LogP contribution in [0.1, 0.15) is 66.2 Å². The number of carbonyl (C=O) groups excluding carboxylic acids is 1. The van der Waals surface area contributed by atoms with Gasteiger partial charge in [0.05, 0.1) is 5.92 Å². The molecule has 5 aliphatic rings. The molecule has 0 aliphatic heterocycles. The summed E-state index contributed by atoms with van der Waals surface area (Å²) in [7, 11) is 0. The van der Waals surface area contributed by atoms with Gasteiger partial charge in [0, 0.05) is 5.54 Å². The van der Waals surface area contributed by atoms with Crippen molar-refractivity contribution >= 4 is 5.91 Å². The van der Waals surface area contributed by atoms with Gasteiger partial charge >= 0.3 is 0 Å². The summed E-state index contributed by atoms with van der Waals surface area (Å²) in [6.07, 6.45) is 10.4. The molecular weight excluding hydrogens is 270 g/mol. The van der Waals surface area contributed by atoms with Gasteiger partial charge in [-0.2, -0.15) is 0 Å². The second kappa shape index (κ2) is 4.61. The molecule has 122 valence electrons. The lowest BCUT2D eigenvalue weighted by atomic mass is 9.53. The normalized spacial score (nSPS) is 47.2. The van der Waals surface area contributed by atoms with Gasteiger partial charge in [0.25, 0.3) is 0 Å². The molecule has 0 unspecified atom stereocenters. The van der Waals surface area contributed by atoms with Gasteiger partial charge in [-0.05, 0) is 81.5 Å². The molecule has 0 aromatic carbocycles. The Labute approximate surface area is 135 Å². The first kappa shape index (κ1) is 14.8. The number of rotatable bonds is 3. The molecule has 22 heavy (non-hydrogen) atoms. The van der Waals surface area contributed by atoms with Gasteiger partial charge < -0.3 is 5.32 Å². The van der Waals surface area contributed by atoms with E-state index in [2.05, 4.69) is 39.1 Å². The largest absolute Gasteiger partial charge is 0.350 e. The van der Waals surface area contributed by atoms with Gasteiger partial charge in [-0.25, -0.2) is 0 Å². The highest BCUT2D eigenvalue weighted by molar-refractivity contribution is 5.84. The van der Waals surface area contributed by atoms with Crippen molar-refractivity contribution < 1.29 is 4.79 Å². The molecule has 0 spiro atoms. The molecule has 1 amide bonds. The Morgan fingerprint density at radius 3 is 1.95 bits per heavy atom. The number of amides is 1. The highest BCUT2D eigenvalue weighted by atomic mass is 16.2. The molecule has 5 saturated carbocycles. The molecule has 2 heteroatoms. The van der Waals surface area contributed by atoms with Gasteiger partial charge in [0.15, 0.2) is 0 Å². The van der Waals surface area contributed by atoms with Crippen LogP contribution >= 0.6 is 0 Å². The fourth-order valence-electron chi connectivity index (χ4n) is 6.45. The first-order valence-electron chi connectivity index (χ1n) is 9.26. The van der Waals surface area contributed by atoms with E-state index in [1.807, 2.05) is 0 Å². The minimum Gasteiger partial charge on any atom is -0.350 e. The Bertz CT molecular complexity index is 491. The van der Waals surface area contributed by atoms with Gasteiger partial charge in [-0.3, -0.25) is 4.79 Å². The Morgan fingerprint density at radius 1 is 1.00 bits per heavy atom. The summed E-state index contributed by atoms with van der Waals surface area (Å²) < 4.78 is 0. The summed E-state index contributed by atoms with van der Waals surface area (Å²) in [4.78, 5) is 13.0. The van der Waals surface area contributed by atoms with Gasteiger partial charge in [0.1, 0.15) is 0 Å². The van der Waals surface area contributed by atoms with E-state index in [4.69, 9.17) is 0 Å². The summed E-state index contributed by atoms with van der Waals surface area (Å²) in [5.74, 6) is 3.66. The summed E-state index contributed by atoms with van der Waals surface area (Å²) in [6.45, 7) is 8.78. The average molecular weight is 301 g/mol. The second-order valence-electron chi connectivity index (χ2n) is 9.76. The zero-order valence-corrected chi connectivity index (χ0v) is 14.6. The number of nitrogens with one attached hydrogen (secondary N) is 1. The third-order valence-electron chi connectivity index (χ3n) is 7.13. The Morgan fingerprint density at radius 2 is 1.50 bits per heavy atom. The van der Waals surface area contributed by atoms with E-state index in [1.165, 1.54) is 44.1 Å². The maximum absolute atomic E-state index is 13.0. The van der Waals surface area contributed by atoms with Crippen molar-refractivity contribution in [2.75, 3.05) is 0 Å². The van der Waals surface area contributed by atoms with E-state index in [1.54, 1.807) is 0 Å². The lowest BCUT2D eigenvalue weighted by Crippen LogP contribution is -2.60. The highest BCUT2D eigenvalue weighted by Crippen LogP contribution is 2.61. The molecule has 5 fully saturated rings. The third kappa shape index (κ3) is 2.25. The van der Waals surface area contributed by atoms with E-state index in [-0.39, 0.29) is 16.9 Å². The molecule has 1 N–H and O–H groups in total. The molecule has 5 rings (SSSR count). The molecule has 2 nitrogen and oxygen atoms in total. The minimum absolute atomic E-state index is 0.143. The van der Waals surface area contributed by atoms with E-state index in [0.29, 0.717) is 11.8 Å². The number of carbonyl (C=O) groups is 1. The lowest BCUT2D eigenvalue weighted by Gasteiger charge is -2.57. The first-order valence-corrected chi connectivity index (χ1v) is 9.26. The van der Waals surface area contributed by atoms with Crippen LogP contribution in [0.5, 0.6) is 0 Å². The van der Waals surface area contributed by atoms with E-state index < -0.39 is 0 Å². The van der Waals surface area contributed by atoms with Crippen molar-refractivity contribution in [3.05, 3.63) is 11.6 Å². The molecule has 0 aromatic heterocycles. The summed E-state index contributed by atoms with van der Waals surface area (Å²) in [5.41, 5.74) is 1.65. The summed E-state index contributed by atoms with van der Waals surface area (Å²) in [5, 5.41) is 3.58. The second-order valence-corrected chi connectivity index (χ2v) is 9.76. The van der Waals surface area contributed by atoms with Crippen LogP contribution in [0.2, 0.25) is 0 Å². The number of hydrogen-bond donors (Lipinski definition) is 1. The molecule has 0 saturated heterocycles. The van der Waals surface area contributed by atoms with E-state index in [9.17, 15) is 4.79 Å². The van der Waals surface area contributed by atoms with Crippen LogP contribution in [0, 0.1) is 35.0 Å². The fourth-order valence-corrected chi connectivity index (χ4v) is 6.45. The van der Waals surface area contributed by atoms with Crippen LogP contribution in [0.4, 0.5) is 0 Å². The molecule has 0 heterocycles. The topological polar surface area (TPSA) is 29.1 Å². The van der Waals surface area contributed by atoms with Crippen molar-refractivity contribution in [1.29, 1.82) is 0 Å². The predicted octanol–water partition coefficient (Wildman–Crippen LogP) is 4.31. The molecular formula is C20H31NO. The van der Waals surface area contributed by atoms with Crippen molar-refractivity contribution in [2.45, 2.75) is 71.8 Å². The Balaban J connectivity index is 1.48. The molecule has 2 atom stereocenters. The van der Waals surface area contributed by atoms with Crippen LogP contribution in [0.15, 0.2) is 11.6 Å². The predicted molar refractivity (Wildman–Crippen MR) is 89.2 cm³/mol. The van der Waals surface area contributed by atoms with E-state index >= 15 is 0 Å². The first-order chi connectivity index (χ1) is 10.3. The molecule has 0 radical (unpaired) electrons. The number of allylic oxidation sites excluding steroid dienone is 2. The van der Waals surface area contributed by atoms with Crippen LogP contribution in [0.25, 0.3) is 0 Å². The highest BCUT2D eigenvalue weighted by Gasteiger charge is 2.62. The van der Waals surface area contributed by atoms with Crippen LogP contribution in [-0.4, -0.2) is 11.4 Å². The zero-order valence-electron chi connectivity index (χ0n) is 14.6. The Hall–Kier alpha value is -0.790. The van der Waals surface area contributed by atoms with Crippen molar-refractivity contribution in [3.63, 3.8) is 0 Å². The van der Waals surface area contributed by atoms with Gasteiger partial charge in [-0.1, -0.05) is 25.5 Å². The third-order valence-corrected chi connectivity index (χ3v) is 7.13. The Kier molecular flexibility index (Phi) is 3.10. The maximum Gasteiger partial charge on any atom is 0.224 e. The smallest absolute Gasteiger partial charge is 0.224 e. The quantitative estimate of drug-likeness (QED) is 0.773. The van der Waals surface area contributed by atoms with Crippen LogP contribution in [-0.2, 0) is 4.79 Å². The van der Waals surface area contributed by atoms with Gasteiger partial charge in [0.2, 0.25) is 5.91 Å². The fraction of sp³-hybridized carbons (Fsp3) is 0.850. The lowest BCUT2D eigenvalue weighted by molar-refractivity contribution is -0.128. The standard InChI is InChI=1S/C20H31NO/c1-12(2)5-16-17(19(16,3)4)18(22)21-20-9-13-6-14(10-20)8-15(7-13)11-20/h5,13-17H,6-11H2,1-4H3,(H,21,22)/t13?,14?,15?,16-,17+,20?/m0/s1. The molecule has 4 bridgehead atoms. The summed E-state index contributed by atoms with van der Waals surface area (Å²) in [6, 6.07) is 0. The van der Waals surface area contributed by atoms with Gasteiger partial charge in [-0.15, -0.1) is 0 Å².